The van der Waals surface area contributed by atoms with Crippen molar-refractivity contribution in [2.45, 2.75) is 52.9 Å². The number of benzene rings is 1. The van der Waals surface area contributed by atoms with Gasteiger partial charge in [-0.15, -0.1) is 6.58 Å². The minimum atomic E-state index is -0.278. The zero-order valence-electron chi connectivity index (χ0n) is 14.1. The summed E-state index contributed by atoms with van der Waals surface area (Å²) in [5.74, 6) is 0.717. The molecule has 1 rings (SSSR count). The van der Waals surface area contributed by atoms with E-state index in [4.69, 9.17) is 11.6 Å². The highest BCUT2D eigenvalue weighted by Crippen LogP contribution is 2.30. The smallest absolute Gasteiger partial charge is 0.145 e. The maximum atomic E-state index is 14.4. The van der Waals surface area contributed by atoms with E-state index in [1.807, 2.05) is 19.1 Å². The van der Waals surface area contributed by atoms with E-state index in [1.165, 1.54) is 0 Å². The van der Waals surface area contributed by atoms with E-state index in [2.05, 4.69) is 27.0 Å². The molecule has 0 saturated carbocycles. The average molecular weight is 323 g/mol. The Bertz CT molecular complexity index is 519. The van der Waals surface area contributed by atoms with Crippen LogP contribution in [0.3, 0.4) is 0 Å². The van der Waals surface area contributed by atoms with Crippen LogP contribution in [0.1, 0.15) is 57.6 Å². The molecule has 0 amide bonds. The van der Waals surface area contributed by atoms with Gasteiger partial charge < -0.3 is 0 Å². The van der Waals surface area contributed by atoms with Gasteiger partial charge in [0.25, 0.3) is 0 Å². The van der Waals surface area contributed by atoms with E-state index in [1.54, 1.807) is 6.07 Å². The van der Waals surface area contributed by atoms with Crippen molar-refractivity contribution in [1.29, 1.82) is 0 Å². The molecule has 0 N–H and O–H groups in total. The summed E-state index contributed by atoms with van der Waals surface area (Å²) in [7, 11) is 0. The topological polar surface area (TPSA) is 0 Å². The van der Waals surface area contributed by atoms with Gasteiger partial charge in [0.15, 0.2) is 0 Å². The van der Waals surface area contributed by atoms with Crippen molar-refractivity contribution in [1.82, 2.24) is 0 Å². The largest absolute Gasteiger partial charge is 0.205 e. The summed E-state index contributed by atoms with van der Waals surface area (Å²) in [6, 6.07) is 3.61. The van der Waals surface area contributed by atoms with Gasteiger partial charge in [-0.3, -0.25) is 0 Å². The Kier molecular flexibility index (Phi) is 7.89. The van der Waals surface area contributed by atoms with E-state index >= 15 is 0 Å². The van der Waals surface area contributed by atoms with Gasteiger partial charge in [-0.2, -0.15) is 0 Å². The van der Waals surface area contributed by atoms with Crippen LogP contribution < -0.4 is 0 Å². The lowest BCUT2D eigenvalue weighted by molar-refractivity contribution is 0.323. The number of hydrogen-bond acceptors (Lipinski definition) is 0. The van der Waals surface area contributed by atoms with E-state index < -0.39 is 0 Å². The summed E-state index contributed by atoms with van der Waals surface area (Å²) < 4.78 is 14.4. The van der Waals surface area contributed by atoms with Gasteiger partial charge in [0, 0.05) is 0 Å². The molecule has 1 aromatic carbocycles. The number of halogens is 2. The molecule has 0 aliphatic carbocycles. The van der Waals surface area contributed by atoms with Gasteiger partial charge in [0.2, 0.25) is 0 Å². The summed E-state index contributed by atoms with van der Waals surface area (Å²) in [6.45, 7) is 14.3. The zero-order valence-corrected chi connectivity index (χ0v) is 14.8. The maximum Gasteiger partial charge on any atom is 0.145 e. The zero-order chi connectivity index (χ0) is 16.7. The Morgan fingerprint density at radius 2 is 2.05 bits per heavy atom. The van der Waals surface area contributed by atoms with Crippen molar-refractivity contribution in [2.24, 2.45) is 11.8 Å². The average Bonchev–Trinajstić information content (AvgIpc) is 2.51. The second-order valence-corrected chi connectivity index (χ2v) is 6.51. The van der Waals surface area contributed by atoms with Crippen molar-refractivity contribution in [3.05, 3.63) is 53.3 Å². The van der Waals surface area contributed by atoms with Crippen LogP contribution in [0.15, 0.2) is 31.4 Å². The highest BCUT2D eigenvalue weighted by molar-refractivity contribution is 6.31. The van der Waals surface area contributed by atoms with Crippen molar-refractivity contribution >= 4 is 17.2 Å². The third-order valence-corrected chi connectivity index (χ3v) is 4.83. The molecule has 1 aromatic rings. The monoisotopic (exact) mass is 322 g/mol. The van der Waals surface area contributed by atoms with Gasteiger partial charge in [-0.05, 0) is 66.4 Å². The highest BCUT2D eigenvalue weighted by atomic mass is 35.5. The van der Waals surface area contributed by atoms with Gasteiger partial charge in [-0.1, -0.05) is 51.4 Å². The van der Waals surface area contributed by atoms with E-state index in [0.717, 1.165) is 36.8 Å². The normalized spacial score (nSPS) is 13.7. The first-order valence-electron chi connectivity index (χ1n) is 8.21. The molecule has 0 bridgehead atoms. The van der Waals surface area contributed by atoms with Gasteiger partial charge >= 0.3 is 0 Å². The third-order valence-electron chi connectivity index (χ3n) is 4.55. The lowest BCUT2D eigenvalue weighted by atomic mass is 9.83. The lowest BCUT2D eigenvalue weighted by Crippen LogP contribution is -2.14. The molecule has 0 aliphatic heterocycles. The molecule has 0 spiro atoms. The molecule has 2 unspecified atom stereocenters. The molecular weight excluding hydrogens is 295 g/mol. The second-order valence-electron chi connectivity index (χ2n) is 6.10. The Morgan fingerprint density at radius 1 is 1.36 bits per heavy atom. The van der Waals surface area contributed by atoms with Crippen LogP contribution in [0, 0.1) is 17.7 Å². The fourth-order valence-corrected chi connectivity index (χ4v) is 3.18. The van der Waals surface area contributed by atoms with Crippen LogP contribution >= 0.6 is 11.6 Å². The molecule has 0 nitrogen and oxygen atoms in total. The molecule has 22 heavy (non-hydrogen) atoms. The first-order valence-corrected chi connectivity index (χ1v) is 8.59. The van der Waals surface area contributed by atoms with Crippen molar-refractivity contribution in [2.75, 3.05) is 0 Å². The van der Waals surface area contributed by atoms with Crippen LogP contribution in [-0.2, 0) is 6.42 Å². The van der Waals surface area contributed by atoms with Crippen LogP contribution in [0.2, 0.25) is 5.02 Å². The van der Waals surface area contributed by atoms with Crippen molar-refractivity contribution in [3.63, 3.8) is 0 Å². The Morgan fingerprint density at radius 3 is 2.59 bits per heavy atom. The van der Waals surface area contributed by atoms with E-state index in [0.29, 0.717) is 23.8 Å². The first kappa shape index (κ1) is 19.0. The quantitative estimate of drug-likeness (QED) is 0.426. The van der Waals surface area contributed by atoms with Crippen LogP contribution in [0.5, 0.6) is 0 Å². The molecule has 2 heteroatoms. The lowest BCUT2D eigenvalue weighted by Gasteiger charge is -2.23. The van der Waals surface area contributed by atoms with Gasteiger partial charge in [-0.25, -0.2) is 4.39 Å². The minimum absolute atomic E-state index is 0.202. The van der Waals surface area contributed by atoms with E-state index in [9.17, 15) is 4.39 Å². The molecule has 0 heterocycles. The fraction of sp³-hybridized carbons (Fsp3) is 0.500. The Balaban J connectivity index is 2.97. The molecule has 0 fully saturated rings. The minimum Gasteiger partial charge on any atom is -0.205 e. The number of allylic oxidation sites excluding steroid dienone is 2. The number of rotatable bonds is 9. The SMILES string of the molecule is C=CCCC(CC)C(C)Cc1cc(C(=C)CC)cc(Cl)c1F. The molecule has 0 saturated heterocycles. The molecular formula is C20H28ClF. The summed E-state index contributed by atoms with van der Waals surface area (Å²) >= 11 is 6.07. The molecule has 0 aromatic heterocycles. The highest BCUT2D eigenvalue weighted by Gasteiger charge is 2.19. The summed E-state index contributed by atoms with van der Waals surface area (Å²) in [6.07, 6.45) is 6.74. The number of hydrogen-bond donors (Lipinski definition) is 0. The molecule has 0 radical (unpaired) electrons. The van der Waals surface area contributed by atoms with Gasteiger partial charge in [0.05, 0.1) is 5.02 Å². The fourth-order valence-electron chi connectivity index (χ4n) is 2.94. The van der Waals surface area contributed by atoms with Crippen molar-refractivity contribution < 1.29 is 4.39 Å². The molecule has 2 atom stereocenters. The van der Waals surface area contributed by atoms with Gasteiger partial charge in [0.1, 0.15) is 5.82 Å². The second kappa shape index (κ2) is 9.15. The Hall–Kier alpha value is -1.08. The molecule has 0 aliphatic rings. The van der Waals surface area contributed by atoms with Crippen LogP contribution in [-0.4, -0.2) is 0 Å². The Labute approximate surface area is 140 Å². The standard InChI is InChI=1S/C20H28ClF/c1-6-9-10-16(8-3)15(5)11-18-12-17(14(4)7-2)13-19(21)20(18)22/h6,12-13,15-16H,1,4,7-11H2,2-3,5H3. The molecule has 122 valence electrons. The van der Waals surface area contributed by atoms with Crippen molar-refractivity contribution in [3.8, 4) is 0 Å². The summed E-state index contributed by atoms with van der Waals surface area (Å²) in [5, 5.41) is 0.202. The third kappa shape index (κ3) is 4.98. The van der Waals surface area contributed by atoms with E-state index in [-0.39, 0.29) is 10.8 Å². The summed E-state index contributed by atoms with van der Waals surface area (Å²) in [4.78, 5) is 0. The maximum absolute atomic E-state index is 14.4. The predicted octanol–water partition coefficient (Wildman–Crippen LogP) is 7.07. The van der Waals surface area contributed by atoms with Crippen LogP contribution in [0.4, 0.5) is 4.39 Å². The van der Waals surface area contributed by atoms with Crippen LogP contribution in [0.25, 0.3) is 5.57 Å². The first-order chi connectivity index (χ1) is 10.4. The summed E-state index contributed by atoms with van der Waals surface area (Å²) in [5.41, 5.74) is 2.66. The predicted molar refractivity (Wildman–Crippen MR) is 96.8 cm³/mol.